The van der Waals surface area contributed by atoms with Crippen molar-refractivity contribution in [2.75, 3.05) is 14.7 Å². The number of anilines is 8. The zero-order valence-corrected chi connectivity index (χ0v) is 43.3. The smallest absolute Gasteiger partial charge is 0.252 e. The number of hydrogen-bond donors (Lipinski definition) is 0. The molecular weight excluding hydrogens is 838 g/mol. The molecule has 0 N–H and O–H groups in total. The molecule has 2 unspecified atom stereocenters. The highest BCUT2D eigenvalue weighted by Gasteiger charge is 2.59. The average molecular weight is 906 g/mol. The van der Waals surface area contributed by atoms with Crippen molar-refractivity contribution < 1.29 is 4.42 Å². The van der Waals surface area contributed by atoms with Crippen LogP contribution in [0.4, 0.5) is 45.5 Å². The first-order valence-corrected chi connectivity index (χ1v) is 25.7. The lowest BCUT2D eigenvalue weighted by molar-refractivity contribution is 0.194. The van der Waals surface area contributed by atoms with Crippen LogP contribution in [0, 0.1) is 13.8 Å². The summed E-state index contributed by atoms with van der Waals surface area (Å²) >= 11 is 0. The molecule has 8 aromatic rings. The molecule has 69 heavy (non-hydrogen) atoms. The largest absolute Gasteiger partial charge is 0.454 e. The second-order valence-electron chi connectivity index (χ2n) is 24.7. The molecule has 12 rings (SSSR count). The number of furan rings is 1. The molecule has 1 aromatic heterocycles. The van der Waals surface area contributed by atoms with Gasteiger partial charge in [-0.05, 0) is 154 Å². The molecule has 0 radical (unpaired) electrons. The molecule has 4 aliphatic rings. The van der Waals surface area contributed by atoms with Gasteiger partial charge in [-0.1, -0.05) is 155 Å². The van der Waals surface area contributed by atoms with Gasteiger partial charge in [0.15, 0.2) is 5.58 Å². The lowest BCUT2D eigenvalue weighted by Gasteiger charge is -2.51. The average Bonchev–Trinajstić information content (AvgIpc) is 3.77. The third kappa shape index (κ3) is 6.33. The van der Waals surface area contributed by atoms with E-state index in [1.807, 2.05) is 0 Å². The van der Waals surface area contributed by atoms with Gasteiger partial charge in [-0.25, -0.2) is 0 Å². The van der Waals surface area contributed by atoms with E-state index in [4.69, 9.17) is 4.42 Å². The van der Waals surface area contributed by atoms with E-state index >= 15 is 0 Å². The maximum absolute atomic E-state index is 7.04. The van der Waals surface area contributed by atoms with Gasteiger partial charge in [-0.3, -0.25) is 0 Å². The summed E-state index contributed by atoms with van der Waals surface area (Å²) in [6.07, 6.45) is 4.76. The molecule has 348 valence electrons. The zero-order valence-electron chi connectivity index (χ0n) is 43.3. The van der Waals surface area contributed by atoms with Gasteiger partial charge in [0.05, 0.1) is 11.2 Å². The molecule has 4 heterocycles. The fourth-order valence-electron chi connectivity index (χ4n) is 13.4. The standard InChI is InChI=1S/C64H68BN3O/c1-39-32-40(2)57-53(33-39)68(64(13)31-17-16-30-63(57,64)12)45-37-54-58-55(38-45)67(50-24-19-23-47-46-22-14-15-25-56(46)69-59(47)50)52-36-43(62(9,10)11)27-29-49(52)65(58)48-28-26-42(61(6,7)8)35-51(48)66(54)44-21-18-20-41(34-44)60(3,4)5/h14-15,18-29,32-38H,16-17,30-31H2,1-13H3. The van der Waals surface area contributed by atoms with Gasteiger partial charge in [0.25, 0.3) is 6.71 Å². The van der Waals surface area contributed by atoms with Gasteiger partial charge >= 0.3 is 0 Å². The first-order chi connectivity index (χ1) is 32.7. The predicted molar refractivity (Wildman–Crippen MR) is 296 cm³/mol. The first-order valence-electron chi connectivity index (χ1n) is 25.7. The number of benzene rings is 7. The molecule has 3 aliphatic heterocycles. The minimum atomic E-state index is -0.148. The highest BCUT2D eigenvalue weighted by molar-refractivity contribution is 7.00. The van der Waals surface area contributed by atoms with Crippen LogP contribution < -0.4 is 31.1 Å². The van der Waals surface area contributed by atoms with Gasteiger partial charge in [0, 0.05) is 56.0 Å². The maximum atomic E-state index is 7.04. The Bertz CT molecular complexity index is 3450. The minimum absolute atomic E-state index is 0.0171. The summed E-state index contributed by atoms with van der Waals surface area (Å²) < 4.78 is 7.04. The number of aryl methyl sites for hydroxylation is 2. The molecule has 2 atom stereocenters. The summed E-state index contributed by atoms with van der Waals surface area (Å²) in [6, 6.07) is 49.6. The van der Waals surface area contributed by atoms with E-state index < -0.39 is 0 Å². The highest BCUT2D eigenvalue weighted by atomic mass is 16.3. The van der Waals surface area contributed by atoms with Gasteiger partial charge in [0.1, 0.15) is 5.58 Å². The van der Waals surface area contributed by atoms with E-state index in [2.05, 4.69) is 232 Å². The number of fused-ring (bicyclic) bond motifs is 10. The lowest BCUT2D eigenvalue weighted by atomic mass is 9.33. The third-order valence-corrected chi connectivity index (χ3v) is 17.2. The fourth-order valence-corrected chi connectivity index (χ4v) is 13.4. The highest BCUT2D eigenvalue weighted by Crippen LogP contribution is 2.63. The van der Waals surface area contributed by atoms with Crippen LogP contribution in [0.15, 0.2) is 132 Å². The summed E-state index contributed by atoms with van der Waals surface area (Å²) in [5.41, 5.74) is 23.5. The van der Waals surface area contributed by atoms with Crippen LogP contribution in [0.3, 0.4) is 0 Å². The Balaban J connectivity index is 1.25. The SMILES string of the molecule is Cc1cc(C)c2c(c1)N(c1cc3c4c(c1)N(c1cccc5c1oc1ccccc15)c1cc(C(C)(C)C)ccc1B4c1ccc(C(C)(C)C)cc1N3c1cccc(C(C)(C)C)c1)C1(C)CCCCC21C. The van der Waals surface area contributed by atoms with Crippen molar-refractivity contribution >= 4 is 90.5 Å². The van der Waals surface area contributed by atoms with Crippen LogP contribution in [0.25, 0.3) is 21.9 Å². The zero-order chi connectivity index (χ0) is 48.3. The Morgan fingerprint density at radius 2 is 1.10 bits per heavy atom. The maximum Gasteiger partial charge on any atom is 0.252 e. The summed E-state index contributed by atoms with van der Waals surface area (Å²) in [5.74, 6) is 0. The van der Waals surface area contributed by atoms with E-state index in [9.17, 15) is 0 Å². The van der Waals surface area contributed by atoms with Crippen LogP contribution in [0.1, 0.15) is 135 Å². The quantitative estimate of drug-likeness (QED) is 0.165. The monoisotopic (exact) mass is 906 g/mol. The van der Waals surface area contributed by atoms with E-state index in [0.717, 1.165) is 34.0 Å². The Hall–Kier alpha value is -6.20. The molecule has 0 saturated heterocycles. The molecule has 0 bridgehead atoms. The molecule has 1 saturated carbocycles. The third-order valence-electron chi connectivity index (χ3n) is 17.2. The van der Waals surface area contributed by atoms with Crippen molar-refractivity contribution in [2.45, 2.75) is 143 Å². The molecular formula is C64H68BN3O. The number of para-hydroxylation sites is 2. The second kappa shape index (κ2) is 14.7. The summed E-state index contributed by atoms with van der Waals surface area (Å²) in [6.45, 7) is 30.9. The lowest BCUT2D eigenvalue weighted by Crippen LogP contribution is -2.61. The van der Waals surface area contributed by atoms with E-state index in [1.165, 1.54) is 109 Å². The van der Waals surface area contributed by atoms with Gasteiger partial charge in [-0.15, -0.1) is 0 Å². The normalized spacial score (nSPS) is 19.7. The van der Waals surface area contributed by atoms with Crippen molar-refractivity contribution in [3.05, 3.63) is 161 Å². The van der Waals surface area contributed by atoms with Crippen molar-refractivity contribution in [1.82, 2.24) is 0 Å². The molecule has 7 aromatic carbocycles. The Morgan fingerprint density at radius 1 is 0.507 bits per heavy atom. The fraction of sp³-hybridized carbons (Fsp3) is 0.344. The molecule has 0 amide bonds. The molecule has 5 heteroatoms. The van der Waals surface area contributed by atoms with E-state index in [1.54, 1.807) is 0 Å². The van der Waals surface area contributed by atoms with Crippen LogP contribution in [0.2, 0.25) is 0 Å². The van der Waals surface area contributed by atoms with Crippen LogP contribution in [0.5, 0.6) is 0 Å². The molecule has 0 spiro atoms. The Kier molecular flexibility index (Phi) is 9.36. The molecule has 1 fully saturated rings. The number of nitrogens with zero attached hydrogens (tertiary/aromatic N) is 3. The first kappa shape index (κ1) is 44.0. The van der Waals surface area contributed by atoms with Crippen molar-refractivity contribution in [3.8, 4) is 0 Å². The van der Waals surface area contributed by atoms with Crippen molar-refractivity contribution in [1.29, 1.82) is 0 Å². The Labute approximate surface area is 411 Å². The molecule has 4 nitrogen and oxygen atoms in total. The van der Waals surface area contributed by atoms with Crippen LogP contribution in [-0.4, -0.2) is 12.3 Å². The van der Waals surface area contributed by atoms with Crippen molar-refractivity contribution in [2.24, 2.45) is 0 Å². The van der Waals surface area contributed by atoms with Crippen molar-refractivity contribution in [3.63, 3.8) is 0 Å². The Morgan fingerprint density at radius 3 is 1.78 bits per heavy atom. The van der Waals surface area contributed by atoms with Crippen LogP contribution in [-0.2, 0) is 21.7 Å². The minimum Gasteiger partial charge on any atom is -0.454 e. The van der Waals surface area contributed by atoms with E-state index in [0.29, 0.717) is 0 Å². The van der Waals surface area contributed by atoms with Gasteiger partial charge in [0.2, 0.25) is 0 Å². The molecule has 1 aliphatic carbocycles. The second-order valence-corrected chi connectivity index (χ2v) is 24.7. The van der Waals surface area contributed by atoms with Gasteiger partial charge in [-0.2, -0.15) is 0 Å². The van der Waals surface area contributed by atoms with Crippen LogP contribution >= 0.6 is 0 Å². The summed E-state index contributed by atoms with van der Waals surface area (Å²) in [7, 11) is 0. The predicted octanol–water partition coefficient (Wildman–Crippen LogP) is 15.9. The topological polar surface area (TPSA) is 22.9 Å². The van der Waals surface area contributed by atoms with Gasteiger partial charge < -0.3 is 19.1 Å². The summed E-state index contributed by atoms with van der Waals surface area (Å²) in [5, 5.41) is 2.27. The number of rotatable bonds is 3. The van der Waals surface area contributed by atoms with E-state index in [-0.39, 0.29) is 33.9 Å². The number of hydrogen-bond acceptors (Lipinski definition) is 4. The summed E-state index contributed by atoms with van der Waals surface area (Å²) in [4.78, 5) is 8.07.